The topological polar surface area (TPSA) is 52.6 Å². The van der Waals surface area contributed by atoms with Gasteiger partial charge in [-0.05, 0) is 23.8 Å². The molecule has 0 saturated heterocycles. The lowest BCUT2D eigenvalue weighted by molar-refractivity contribution is -0.135. The molecule has 0 aliphatic rings. The first-order chi connectivity index (χ1) is 11.6. The molecule has 0 N–H and O–H groups in total. The molecule has 0 spiro atoms. The lowest BCUT2D eigenvalue weighted by Gasteiger charge is -2.06. The fourth-order valence-electron chi connectivity index (χ4n) is 1.99. The summed E-state index contributed by atoms with van der Waals surface area (Å²) in [5.74, 6) is 0.534. The zero-order valence-corrected chi connectivity index (χ0v) is 14.3. The third-order valence-electron chi connectivity index (χ3n) is 3.27. The smallest absolute Gasteiger partial charge is 0.334 e. The number of ether oxygens (including phenoxy) is 2. The second-order valence-electron chi connectivity index (χ2n) is 4.88. The van der Waals surface area contributed by atoms with Gasteiger partial charge in [0.25, 0.3) is 0 Å². The molecule has 24 heavy (non-hydrogen) atoms. The zero-order valence-electron chi connectivity index (χ0n) is 13.5. The first-order valence-corrected chi connectivity index (χ1v) is 8.27. The average molecular weight is 342 g/mol. The van der Waals surface area contributed by atoms with E-state index in [4.69, 9.17) is 9.47 Å². The summed E-state index contributed by atoms with van der Waals surface area (Å²) in [4.78, 5) is 24.1. The predicted octanol–water partition coefficient (Wildman–Crippen LogP) is 3.83. The summed E-state index contributed by atoms with van der Waals surface area (Å²) in [6.07, 6.45) is 1.72. The number of methoxy groups -OCH3 is 2. The van der Waals surface area contributed by atoms with E-state index >= 15 is 0 Å². The fraction of sp³-hybridized carbons (Fsp3) is 0.158. The van der Waals surface area contributed by atoms with Gasteiger partial charge >= 0.3 is 5.97 Å². The van der Waals surface area contributed by atoms with E-state index in [0.717, 1.165) is 23.1 Å². The minimum Gasteiger partial charge on any atom is -0.497 e. The Morgan fingerprint density at radius 2 is 1.67 bits per heavy atom. The van der Waals surface area contributed by atoms with Crippen molar-refractivity contribution in [1.82, 2.24) is 0 Å². The van der Waals surface area contributed by atoms with Gasteiger partial charge in [-0.1, -0.05) is 54.2 Å². The largest absolute Gasteiger partial charge is 0.497 e. The molecule has 2 aromatic rings. The van der Waals surface area contributed by atoms with Crippen molar-refractivity contribution in [3.63, 3.8) is 0 Å². The molecule has 5 heteroatoms. The Bertz CT molecular complexity index is 721. The number of thioether (sulfide) groups is 1. The maximum atomic E-state index is 12.2. The molecule has 0 heterocycles. The van der Waals surface area contributed by atoms with Crippen molar-refractivity contribution in [1.29, 1.82) is 0 Å². The molecule has 0 aliphatic heterocycles. The van der Waals surface area contributed by atoms with Crippen LogP contribution in [-0.2, 0) is 9.53 Å². The standard InChI is InChI=1S/C19H18O4S/c1-22-17-10-8-14(9-11-17)12-16(18(20)23-2)13-24-19(21)15-6-4-3-5-7-15/h3-12H,13H2,1-2H3/b16-12+. The molecule has 2 aromatic carbocycles. The third-order valence-corrected chi connectivity index (χ3v) is 4.23. The van der Waals surface area contributed by atoms with E-state index in [2.05, 4.69) is 0 Å². The van der Waals surface area contributed by atoms with Crippen molar-refractivity contribution in [2.45, 2.75) is 0 Å². The first kappa shape index (κ1) is 17.8. The van der Waals surface area contributed by atoms with Crippen molar-refractivity contribution in [2.24, 2.45) is 0 Å². The van der Waals surface area contributed by atoms with Crippen LogP contribution in [-0.4, -0.2) is 31.1 Å². The van der Waals surface area contributed by atoms with E-state index in [0.29, 0.717) is 11.1 Å². The maximum absolute atomic E-state index is 12.2. The lowest BCUT2D eigenvalue weighted by atomic mass is 10.1. The summed E-state index contributed by atoms with van der Waals surface area (Å²) >= 11 is 1.08. The molecule has 0 amide bonds. The van der Waals surface area contributed by atoms with Gasteiger partial charge in [0.05, 0.1) is 14.2 Å². The number of benzene rings is 2. The Hall–Kier alpha value is -2.53. The Morgan fingerprint density at radius 3 is 2.25 bits per heavy atom. The van der Waals surface area contributed by atoms with Crippen LogP contribution in [0.25, 0.3) is 6.08 Å². The van der Waals surface area contributed by atoms with Crippen LogP contribution >= 0.6 is 11.8 Å². The second-order valence-corrected chi connectivity index (χ2v) is 5.82. The summed E-state index contributed by atoms with van der Waals surface area (Å²) in [5, 5.41) is -0.0832. The van der Waals surface area contributed by atoms with Crippen LogP contribution in [0.2, 0.25) is 0 Å². The normalized spacial score (nSPS) is 11.0. The Kier molecular flexibility index (Phi) is 6.63. The number of carbonyl (C=O) groups excluding carboxylic acids is 2. The Balaban J connectivity index is 2.11. The van der Waals surface area contributed by atoms with Gasteiger partial charge in [0, 0.05) is 16.9 Å². The van der Waals surface area contributed by atoms with Crippen LogP contribution in [0.1, 0.15) is 15.9 Å². The van der Waals surface area contributed by atoms with Gasteiger partial charge < -0.3 is 9.47 Å². The first-order valence-electron chi connectivity index (χ1n) is 7.29. The van der Waals surface area contributed by atoms with Gasteiger partial charge in [-0.25, -0.2) is 4.79 Å². The van der Waals surface area contributed by atoms with Crippen LogP contribution in [0.4, 0.5) is 0 Å². The molecule has 0 bridgehead atoms. The van der Waals surface area contributed by atoms with Crippen molar-refractivity contribution in [2.75, 3.05) is 20.0 Å². The average Bonchev–Trinajstić information content (AvgIpc) is 2.65. The summed E-state index contributed by atoms with van der Waals surface area (Å²) in [5.41, 5.74) is 1.87. The molecule has 0 aromatic heterocycles. The van der Waals surface area contributed by atoms with Gasteiger partial charge in [0.2, 0.25) is 5.12 Å². The molecule has 0 aliphatic carbocycles. The number of hydrogen-bond donors (Lipinski definition) is 0. The molecule has 0 radical (unpaired) electrons. The molecule has 124 valence electrons. The van der Waals surface area contributed by atoms with Gasteiger partial charge in [-0.3, -0.25) is 4.79 Å². The molecule has 2 rings (SSSR count). The van der Waals surface area contributed by atoms with Gasteiger partial charge in [0.1, 0.15) is 5.75 Å². The zero-order chi connectivity index (χ0) is 17.4. The van der Waals surface area contributed by atoms with E-state index in [9.17, 15) is 9.59 Å². The van der Waals surface area contributed by atoms with Gasteiger partial charge in [-0.15, -0.1) is 0 Å². The number of esters is 1. The fourth-order valence-corrected chi connectivity index (χ4v) is 2.78. The molecule has 4 nitrogen and oxygen atoms in total. The highest BCUT2D eigenvalue weighted by Crippen LogP contribution is 2.19. The second kappa shape index (κ2) is 8.93. The molecule has 0 saturated carbocycles. The quantitative estimate of drug-likeness (QED) is 0.590. The van der Waals surface area contributed by atoms with Gasteiger partial charge in [-0.2, -0.15) is 0 Å². The summed E-state index contributed by atoms with van der Waals surface area (Å²) in [6, 6.07) is 16.3. The number of hydrogen-bond acceptors (Lipinski definition) is 5. The van der Waals surface area contributed by atoms with Crippen LogP contribution < -0.4 is 4.74 Å². The molecule has 0 fully saturated rings. The Morgan fingerprint density at radius 1 is 1.00 bits per heavy atom. The molecular formula is C19H18O4S. The van der Waals surface area contributed by atoms with E-state index in [1.807, 2.05) is 42.5 Å². The predicted molar refractivity (Wildman–Crippen MR) is 96.2 cm³/mol. The molecule has 0 unspecified atom stereocenters. The van der Waals surface area contributed by atoms with Crippen LogP contribution in [0.3, 0.4) is 0 Å². The number of carbonyl (C=O) groups is 2. The SMILES string of the molecule is COC(=O)/C(=C/c1ccc(OC)cc1)CSC(=O)c1ccccc1. The van der Waals surface area contributed by atoms with E-state index < -0.39 is 5.97 Å². The highest BCUT2D eigenvalue weighted by molar-refractivity contribution is 8.14. The van der Waals surface area contributed by atoms with Crippen LogP contribution in [0, 0.1) is 0 Å². The lowest BCUT2D eigenvalue weighted by Crippen LogP contribution is -2.08. The Labute approximate surface area is 145 Å². The monoisotopic (exact) mass is 342 g/mol. The highest BCUT2D eigenvalue weighted by Gasteiger charge is 2.14. The summed E-state index contributed by atoms with van der Waals surface area (Å²) in [7, 11) is 2.92. The maximum Gasteiger partial charge on any atom is 0.334 e. The van der Waals surface area contributed by atoms with E-state index in [-0.39, 0.29) is 10.9 Å². The van der Waals surface area contributed by atoms with E-state index in [1.165, 1.54) is 7.11 Å². The summed E-state index contributed by atoms with van der Waals surface area (Å²) < 4.78 is 9.92. The van der Waals surface area contributed by atoms with Crippen molar-refractivity contribution >= 4 is 28.9 Å². The molecular weight excluding hydrogens is 324 g/mol. The van der Waals surface area contributed by atoms with Crippen molar-refractivity contribution in [3.05, 3.63) is 71.3 Å². The van der Waals surface area contributed by atoms with Gasteiger partial charge in [0.15, 0.2) is 0 Å². The minimum atomic E-state index is -0.445. The number of rotatable bonds is 6. The highest BCUT2D eigenvalue weighted by atomic mass is 32.2. The van der Waals surface area contributed by atoms with Crippen molar-refractivity contribution in [3.8, 4) is 5.75 Å². The van der Waals surface area contributed by atoms with E-state index in [1.54, 1.807) is 25.3 Å². The third kappa shape index (κ3) is 4.99. The van der Waals surface area contributed by atoms with Crippen LogP contribution in [0.15, 0.2) is 60.2 Å². The molecule has 0 atom stereocenters. The van der Waals surface area contributed by atoms with Crippen LogP contribution in [0.5, 0.6) is 5.75 Å². The minimum absolute atomic E-state index is 0.0832. The van der Waals surface area contributed by atoms with Crippen molar-refractivity contribution < 1.29 is 19.1 Å². The summed E-state index contributed by atoms with van der Waals surface area (Å²) in [6.45, 7) is 0.